The second kappa shape index (κ2) is 12.2. The number of aromatic nitrogens is 2. The average molecular weight is 495 g/mol. The lowest BCUT2D eigenvalue weighted by Crippen LogP contribution is -2.28. The topological polar surface area (TPSA) is 82.7 Å². The standard InChI is InChI=1S/C29H38N2O5/c1-7-20(4)31-26(28(35-5)36-6)25(17-12-19(2)3)30(29(31)34)18-21-13-15-22(16-14-21)23-10-8-9-11-24(23)27(32)33/h8-11,13-16,19-20,28H,7,12,17-18H2,1-6H3,(H,32,33). The van der Waals surface area contributed by atoms with Crippen molar-refractivity contribution in [3.63, 3.8) is 0 Å². The van der Waals surface area contributed by atoms with Gasteiger partial charge in [-0.15, -0.1) is 0 Å². The van der Waals surface area contributed by atoms with Crippen molar-refractivity contribution in [2.75, 3.05) is 14.2 Å². The third kappa shape index (κ3) is 5.79. The number of benzene rings is 2. The van der Waals surface area contributed by atoms with Gasteiger partial charge in [-0.1, -0.05) is 63.2 Å². The monoisotopic (exact) mass is 494 g/mol. The summed E-state index contributed by atoms with van der Waals surface area (Å²) in [6.07, 6.45) is 1.84. The summed E-state index contributed by atoms with van der Waals surface area (Å²) in [5.74, 6) is -0.480. The minimum absolute atomic E-state index is 0.00533. The highest BCUT2D eigenvalue weighted by Crippen LogP contribution is 2.28. The molecule has 1 atom stereocenters. The third-order valence-electron chi connectivity index (χ3n) is 6.72. The maximum Gasteiger partial charge on any atom is 0.336 e. The summed E-state index contributed by atoms with van der Waals surface area (Å²) in [5, 5.41) is 9.54. The molecule has 3 rings (SSSR count). The van der Waals surface area contributed by atoms with Crippen molar-refractivity contribution in [2.24, 2.45) is 5.92 Å². The van der Waals surface area contributed by atoms with Crippen LogP contribution in [0.3, 0.4) is 0 Å². The quantitative estimate of drug-likeness (QED) is 0.316. The maximum atomic E-state index is 13.8. The molecule has 0 aliphatic heterocycles. The van der Waals surface area contributed by atoms with Crippen molar-refractivity contribution in [3.05, 3.63) is 81.5 Å². The molecule has 1 N–H and O–H groups in total. The van der Waals surface area contributed by atoms with E-state index < -0.39 is 12.3 Å². The summed E-state index contributed by atoms with van der Waals surface area (Å²) in [6.45, 7) is 8.85. The SMILES string of the molecule is CCC(C)n1c(C(OC)OC)c(CCC(C)C)n(Cc2ccc(-c3ccccc3C(=O)O)cc2)c1=O. The summed E-state index contributed by atoms with van der Waals surface area (Å²) in [4.78, 5) is 25.4. The van der Waals surface area contributed by atoms with Gasteiger partial charge in [0.1, 0.15) is 0 Å². The minimum Gasteiger partial charge on any atom is -0.478 e. The molecule has 2 aromatic carbocycles. The van der Waals surface area contributed by atoms with Crippen LogP contribution in [0.5, 0.6) is 0 Å². The zero-order valence-electron chi connectivity index (χ0n) is 22.2. The van der Waals surface area contributed by atoms with Crippen LogP contribution >= 0.6 is 0 Å². The number of imidazole rings is 1. The van der Waals surface area contributed by atoms with Crippen molar-refractivity contribution in [3.8, 4) is 11.1 Å². The Morgan fingerprint density at radius 1 is 1.00 bits per heavy atom. The maximum absolute atomic E-state index is 13.8. The Bertz CT molecular complexity index is 1220. The number of carboxylic acids is 1. The van der Waals surface area contributed by atoms with Crippen LogP contribution in [0.25, 0.3) is 11.1 Å². The van der Waals surface area contributed by atoms with Crippen LogP contribution in [-0.2, 0) is 22.4 Å². The number of carboxylic acid groups (broad SMARTS) is 1. The number of ether oxygens (including phenoxy) is 2. The number of rotatable bonds is 12. The highest BCUT2D eigenvalue weighted by molar-refractivity contribution is 5.95. The molecule has 0 bridgehead atoms. The Balaban J connectivity index is 2.08. The van der Waals surface area contributed by atoms with Crippen molar-refractivity contribution in [1.29, 1.82) is 0 Å². The van der Waals surface area contributed by atoms with E-state index >= 15 is 0 Å². The molecule has 1 aromatic heterocycles. The van der Waals surface area contributed by atoms with Gasteiger partial charge in [-0.25, -0.2) is 9.59 Å². The van der Waals surface area contributed by atoms with E-state index in [2.05, 4.69) is 20.8 Å². The van der Waals surface area contributed by atoms with Crippen molar-refractivity contribution >= 4 is 5.97 Å². The summed E-state index contributed by atoms with van der Waals surface area (Å²) >= 11 is 0. The Kier molecular flexibility index (Phi) is 9.29. The van der Waals surface area contributed by atoms with E-state index in [0.29, 0.717) is 18.0 Å². The summed E-state index contributed by atoms with van der Waals surface area (Å²) in [5.41, 5.74) is 4.35. The van der Waals surface area contributed by atoms with Crippen LogP contribution in [0.4, 0.5) is 0 Å². The smallest absolute Gasteiger partial charge is 0.336 e. The van der Waals surface area contributed by atoms with Crippen molar-refractivity contribution in [1.82, 2.24) is 9.13 Å². The van der Waals surface area contributed by atoms with Gasteiger partial charge < -0.3 is 14.6 Å². The third-order valence-corrected chi connectivity index (χ3v) is 6.72. The van der Waals surface area contributed by atoms with Gasteiger partial charge in [0, 0.05) is 26.0 Å². The average Bonchev–Trinajstić information content (AvgIpc) is 3.14. The Labute approximate surface area is 213 Å². The molecule has 0 saturated carbocycles. The van der Waals surface area contributed by atoms with E-state index in [1.165, 1.54) is 0 Å². The number of hydrogen-bond donors (Lipinski definition) is 1. The number of methoxy groups -OCH3 is 2. The Hall–Kier alpha value is -3.16. The molecule has 1 heterocycles. The van der Waals surface area contributed by atoms with Gasteiger partial charge >= 0.3 is 11.7 Å². The van der Waals surface area contributed by atoms with E-state index in [0.717, 1.165) is 41.8 Å². The lowest BCUT2D eigenvalue weighted by Gasteiger charge is -2.21. The Morgan fingerprint density at radius 3 is 2.19 bits per heavy atom. The predicted octanol–water partition coefficient (Wildman–Crippen LogP) is 5.91. The highest BCUT2D eigenvalue weighted by Gasteiger charge is 2.28. The molecule has 0 fully saturated rings. The fourth-order valence-electron chi connectivity index (χ4n) is 4.55. The molecule has 194 valence electrons. The van der Waals surface area contributed by atoms with Crippen molar-refractivity contribution in [2.45, 2.75) is 65.8 Å². The first-order valence-electron chi connectivity index (χ1n) is 12.5. The largest absolute Gasteiger partial charge is 0.478 e. The molecular weight excluding hydrogens is 456 g/mol. The second-order valence-corrected chi connectivity index (χ2v) is 9.61. The molecule has 7 nitrogen and oxygen atoms in total. The van der Waals surface area contributed by atoms with Crippen LogP contribution in [0.15, 0.2) is 53.3 Å². The lowest BCUT2D eigenvalue weighted by molar-refractivity contribution is -0.111. The van der Waals surface area contributed by atoms with Gasteiger partial charge in [0.05, 0.1) is 17.8 Å². The van der Waals surface area contributed by atoms with E-state index in [9.17, 15) is 14.7 Å². The lowest BCUT2D eigenvalue weighted by atomic mass is 9.98. The molecule has 0 aliphatic rings. The van der Waals surface area contributed by atoms with E-state index in [-0.39, 0.29) is 17.3 Å². The molecular formula is C29H38N2O5. The molecule has 3 aromatic rings. The number of hydrogen-bond acceptors (Lipinski definition) is 4. The zero-order chi connectivity index (χ0) is 26.4. The summed E-state index contributed by atoms with van der Waals surface area (Å²) in [6, 6.07) is 14.7. The van der Waals surface area contributed by atoms with Crippen LogP contribution in [0.2, 0.25) is 0 Å². The van der Waals surface area contributed by atoms with E-state index in [1.54, 1.807) is 32.4 Å². The van der Waals surface area contributed by atoms with E-state index in [4.69, 9.17) is 9.47 Å². The second-order valence-electron chi connectivity index (χ2n) is 9.61. The molecule has 0 saturated heterocycles. The van der Waals surface area contributed by atoms with Crippen LogP contribution in [0.1, 0.15) is 80.2 Å². The fraction of sp³-hybridized carbons (Fsp3) is 0.448. The molecule has 1 unspecified atom stereocenters. The van der Waals surface area contributed by atoms with Crippen LogP contribution in [-0.4, -0.2) is 34.4 Å². The molecule has 0 amide bonds. The molecule has 0 spiro atoms. The van der Waals surface area contributed by atoms with Crippen LogP contribution in [0, 0.1) is 5.92 Å². The van der Waals surface area contributed by atoms with Gasteiger partial charge in [0.15, 0.2) is 6.29 Å². The molecule has 0 aliphatic carbocycles. The number of aromatic carboxylic acids is 1. The first-order chi connectivity index (χ1) is 17.2. The molecule has 7 heteroatoms. The highest BCUT2D eigenvalue weighted by atomic mass is 16.7. The summed E-state index contributed by atoms with van der Waals surface area (Å²) in [7, 11) is 3.19. The van der Waals surface area contributed by atoms with Gasteiger partial charge in [0.25, 0.3) is 0 Å². The van der Waals surface area contributed by atoms with Gasteiger partial charge in [-0.05, 0) is 54.9 Å². The summed E-state index contributed by atoms with van der Waals surface area (Å²) < 4.78 is 14.9. The first-order valence-corrected chi connectivity index (χ1v) is 12.5. The van der Waals surface area contributed by atoms with Gasteiger partial charge in [-0.2, -0.15) is 0 Å². The number of nitrogens with zero attached hydrogens (tertiary/aromatic N) is 2. The Morgan fingerprint density at radius 2 is 1.64 bits per heavy atom. The number of carbonyl (C=O) groups is 1. The minimum atomic E-state index is -0.958. The zero-order valence-corrected chi connectivity index (χ0v) is 22.2. The van der Waals surface area contributed by atoms with E-state index in [1.807, 2.05) is 46.4 Å². The molecule has 36 heavy (non-hydrogen) atoms. The predicted molar refractivity (Wildman–Crippen MR) is 142 cm³/mol. The fourth-order valence-corrected chi connectivity index (χ4v) is 4.55. The van der Waals surface area contributed by atoms with Gasteiger partial charge in [-0.3, -0.25) is 9.13 Å². The van der Waals surface area contributed by atoms with Crippen molar-refractivity contribution < 1.29 is 19.4 Å². The molecule has 0 radical (unpaired) electrons. The van der Waals surface area contributed by atoms with Gasteiger partial charge in [0.2, 0.25) is 0 Å². The van der Waals surface area contributed by atoms with Crippen LogP contribution < -0.4 is 5.69 Å². The first kappa shape index (κ1) is 27.4. The normalized spacial score (nSPS) is 12.4.